The summed E-state index contributed by atoms with van der Waals surface area (Å²) in [5, 5.41) is 0. The predicted octanol–water partition coefficient (Wildman–Crippen LogP) is 3.54. The van der Waals surface area contributed by atoms with E-state index < -0.39 is 41.0 Å². The highest BCUT2D eigenvalue weighted by atomic mass is 19.4. The lowest BCUT2D eigenvalue weighted by Gasteiger charge is -2.26. The number of H-pyrrole nitrogens is 1. The van der Waals surface area contributed by atoms with E-state index in [9.17, 15) is 35.9 Å². The molecule has 0 fully saturated rings. The molecule has 0 bridgehead atoms. The number of hydrogen-bond donors (Lipinski definition) is 2. The molecule has 0 unspecified atom stereocenters. The van der Waals surface area contributed by atoms with Crippen LogP contribution in [0.2, 0.25) is 0 Å². The van der Waals surface area contributed by atoms with Crippen molar-refractivity contribution < 1.29 is 36.0 Å². The second-order valence-electron chi connectivity index (χ2n) is 7.31. The van der Waals surface area contributed by atoms with Crippen LogP contribution in [0.5, 0.6) is 0 Å². The molecule has 34 heavy (non-hydrogen) atoms. The number of carbonyl (C=O) groups is 1. The summed E-state index contributed by atoms with van der Waals surface area (Å²) < 4.78 is 76.8. The number of aromatic amines is 1. The molecule has 0 saturated carbocycles. The summed E-state index contributed by atoms with van der Waals surface area (Å²) in [7, 11) is 0. The molecule has 2 N–H and O–H groups in total. The van der Waals surface area contributed by atoms with Crippen LogP contribution < -0.4 is 15.9 Å². The summed E-state index contributed by atoms with van der Waals surface area (Å²) in [5.74, 6) is -0.545. The molecular weight excluding hydrogens is 472 g/mol. The molecular formula is C20H19F6N5O3. The number of halogens is 6. The van der Waals surface area contributed by atoms with Gasteiger partial charge in [0.2, 0.25) is 5.95 Å². The molecule has 0 aliphatic carbocycles. The van der Waals surface area contributed by atoms with E-state index >= 15 is 0 Å². The predicted molar refractivity (Wildman–Crippen MR) is 106 cm³/mol. The quantitative estimate of drug-likeness (QED) is 0.474. The number of pyridine rings is 1. The molecule has 184 valence electrons. The minimum Gasteiger partial charge on any atom is -0.337 e. The van der Waals surface area contributed by atoms with Crippen molar-refractivity contribution in [3.8, 4) is 0 Å². The third-order valence-electron chi connectivity index (χ3n) is 5.02. The zero-order chi connectivity index (χ0) is 25.1. The van der Waals surface area contributed by atoms with Crippen LogP contribution in [0.25, 0.3) is 0 Å². The summed E-state index contributed by atoms with van der Waals surface area (Å²) in [6.07, 6.45) is -6.00. The third-order valence-corrected chi connectivity index (χ3v) is 5.02. The molecule has 1 amide bonds. The number of amides is 1. The Morgan fingerprint density at radius 2 is 1.88 bits per heavy atom. The maximum atomic E-state index is 13.0. The van der Waals surface area contributed by atoms with Crippen molar-refractivity contribution in [3.05, 3.63) is 63.4 Å². The maximum Gasteiger partial charge on any atom is 0.421 e. The average Bonchev–Trinajstić information content (AvgIpc) is 2.79. The topological polar surface area (TPSA) is 100 Å². The van der Waals surface area contributed by atoms with E-state index in [1.165, 1.54) is 6.08 Å². The summed E-state index contributed by atoms with van der Waals surface area (Å²) in [6, 6.07) is 0.668. The van der Waals surface area contributed by atoms with Crippen LogP contribution in [0.4, 0.5) is 32.3 Å². The van der Waals surface area contributed by atoms with Crippen LogP contribution >= 0.6 is 0 Å². The van der Waals surface area contributed by atoms with Gasteiger partial charge in [0.05, 0.1) is 5.56 Å². The Labute approximate surface area is 188 Å². The first-order valence-corrected chi connectivity index (χ1v) is 9.99. The van der Waals surface area contributed by atoms with Gasteiger partial charge in [-0.05, 0) is 18.9 Å². The van der Waals surface area contributed by atoms with Gasteiger partial charge in [-0.1, -0.05) is 13.0 Å². The zero-order valence-electron chi connectivity index (χ0n) is 17.6. The van der Waals surface area contributed by atoms with Gasteiger partial charge in [-0.25, -0.2) is 15.4 Å². The average molecular weight is 491 g/mol. The lowest BCUT2D eigenvalue weighted by atomic mass is 10.1. The molecule has 0 spiro atoms. The van der Waals surface area contributed by atoms with E-state index in [0.717, 1.165) is 6.20 Å². The number of nitrogens with zero attached hydrogens (tertiary/aromatic N) is 3. The van der Waals surface area contributed by atoms with Crippen LogP contribution in [-0.4, -0.2) is 33.9 Å². The molecule has 1 atom stereocenters. The first-order chi connectivity index (χ1) is 15.9. The Balaban J connectivity index is 1.61. The third kappa shape index (κ3) is 5.92. The number of hydroxylamine groups is 1. The van der Waals surface area contributed by atoms with E-state index in [1.54, 1.807) is 11.8 Å². The zero-order valence-corrected chi connectivity index (χ0v) is 17.6. The highest BCUT2D eigenvalue weighted by molar-refractivity contribution is 5.93. The Bertz CT molecular complexity index is 1110. The van der Waals surface area contributed by atoms with Gasteiger partial charge in [0.1, 0.15) is 11.7 Å². The fraction of sp³-hybridized carbons (Fsp3) is 0.400. The Morgan fingerprint density at radius 3 is 2.41 bits per heavy atom. The number of carbonyl (C=O) groups excluding carboxylic acids is 1. The smallest absolute Gasteiger partial charge is 0.337 e. The molecule has 1 aliphatic rings. The Kier molecular flexibility index (Phi) is 7.29. The van der Waals surface area contributed by atoms with Gasteiger partial charge < -0.3 is 9.88 Å². The Morgan fingerprint density at radius 1 is 1.21 bits per heavy atom. The van der Waals surface area contributed by atoms with E-state index in [0.29, 0.717) is 24.0 Å². The Hall–Kier alpha value is -3.42. The number of alkyl halides is 6. The van der Waals surface area contributed by atoms with Gasteiger partial charge in [-0.2, -0.15) is 26.3 Å². The van der Waals surface area contributed by atoms with Gasteiger partial charge >= 0.3 is 12.4 Å². The highest BCUT2D eigenvalue weighted by Crippen LogP contribution is 2.30. The minimum atomic E-state index is -4.85. The van der Waals surface area contributed by atoms with E-state index in [1.807, 2.05) is 4.98 Å². The van der Waals surface area contributed by atoms with Gasteiger partial charge in [0.25, 0.3) is 11.5 Å². The van der Waals surface area contributed by atoms with E-state index in [4.69, 9.17) is 4.84 Å². The standard InChI is InChI=1S/C20H19F6N5O3/c1-2-15(12-7-14(20(24,25)26)17(33)27-8-12)34-30-16(32)11-3-5-31(6-4-11)18-28-9-13(10-29-18)19(21,22)23/h3,7-10,15H,2,4-6H2,1H3,(H,27,33)(H,30,32)/t15-/m0/s1. The summed E-state index contributed by atoms with van der Waals surface area (Å²) in [6.45, 7) is 2.02. The van der Waals surface area contributed by atoms with Crippen LogP contribution in [-0.2, 0) is 22.0 Å². The second kappa shape index (κ2) is 9.83. The fourth-order valence-electron chi connectivity index (χ4n) is 3.16. The van der Waals surface area contributed by atoms with Crippen molar-refractivity contribution in [1.82, 2.24) is 20.4 Å². The van der Waals surface area contributed by atoms with Crippen molar-refractivity contribution in [2.24, 2.45) is 0 Å². The highest BCUT2D eigenvalue weighted by Gasteiger charge is 2.35. The van der Waals surface area contributed by atoms with Crippen molar-refractivity contribution >= 4 is 11.9 Å². The van der Waals surface area contributed by atoms with Crippen LogP contribution in [0.15, 0.2) is 41.1 Å². The van der Waals surface area contributed by atoms with Crippen molar-refractivity contribution in [1.29, 1.82) is 0 Å². The lowest BCUT2D eigenvalue weighted by Crippen LogP contribution is -2.35. The number of rotatable bonds is 6. The van der Waals surface area contributed by atoms with Crippen molar-refractivity contribution in [2.75, 3.05) is 18.0 Å². The number of nitrogens with one attached hydrogen (secondary N) is 2. The lowest BCUT2D eigenvalue weighted by molar-refractivity contribution is -0.140. The number of hydrogen-bond acceptors (Lipinski definition) is 6. The SMILES string of the molecule is CC[C@H](ONC(=O)C1=CCN(c2ncc(C(F)(F)F)cn2)CC1)c1c[nH]c(=O)c(C(F)(F)F)c1. The number of anilines is 1. The van der Waals surface area contributed by atoms with Gasteiger partial charge in [0, 0.05) is 42.8 Å². The molecule has 14 heteroatoms. The second-order valence-corrected chi connectivity index (χ2v) is 7.31. The minimum absolute atomic E-state index is 0.0259. The summed E-state index contributed by atoms with van der Waals surface area (Å²) in [5.41, 5.74) is -1.10. The van der Waals surface area contributed by atoms with Crippen LogP contribution in [0, 0.1) is 0 Å². The number of aromatic nitrogens is 3. The molecule has 2 aromatic rings. The molecule has 3 rings (SSSR count). The molecule has 0 radical (unpaired) electrons. The molecule has 3 heterocycles. The monoisotopic (exact) mass is 491 g/mol. The summed E-state index contributed by atoms with van der Waals surface area (Å²) >= 11 is 0. The van der Waals surface area contributed by atoms with E-state index in [-0.39, 0.29) is 37.4 Å². The fourth-order valence-corrected chi connectivity index (χ4v) is 3.16. The van der Waals surface area contributed by atoms with E-state index in [2.05, 4.69) is 15.4 Å². The maximum absolute atomic E-state index is 13.0. The molecule has 8 nitrogen and oxygen atoms in total. The first kappa shape index (κ1) is 25.2. The van der Waals surface area contributed by atoms with Gasteiger partial charge in [-0.15, -0.1) is 0 Å². The largest absolute Gasteiger partial charge is 0.421 e. The molecule has 0 saturated heterocycles. The van der Waals surface area contributed by atoms with Gasteiger partial charge in [-0.3, -0.25) is 14.4 Å². The van der Waals surface area contributed by atoms with Crippen molar-refractivity contribution in [2.45, 2.75) is 38.2 Å². The normalized spacial score (nSPS) is 15.6. The van der Waals surface area contributed by atoms with Gasteiger partial charge in [0.15, 0.2) is 0 Å². The van der Waals surface area contributed by atoms with Crippen molar-refractivity contribution in [3.63, 3.8) is 0 Å². The molecule has 0 aromatic carbocycles. The first-order valence-electron chi connectivity index (χ1n) is 9.99. The van der Waals surface area contributed by atoms with Crippen LogP contribution in [0.1, 0.15) is 42.6 Å². The van der Waals surface area contributed by atoms with Crippen LogP contribution in [0.3, 0.4) is 0 Å². The molecule has 2 aromatic heterocycles. The summed E-state index contributed by atoms with van der Waals surface area (Å²) in [4.78, 5) is 40.1. The molecule has 1 aliphatic heterocycles.